The van der Waals surface area contributed by atoms with Crippen LogP contribution in [0.3, 0.4) is 0 Å². The van der Waals surface area contributed by atoms with Crippen LogP contribution in [0, 0.1) is 6.92 Å². The van der Waals surface area contributed by atoms with Crippen LogP contribution in [0.5, 0.6) is 0 Å². The summed E-state index contributed by atoms with van der Waals surface area (Å²) in [6.45, 7) is 6.38. The van der Waals surface area contributed by atoms with Crippen molar-refractivity contribution in [3.8, 4) is 0 Å². The van der Waals surface area contributed by atoms with Gasteiger partial charge in [-0.3, -0.25) is 4.90 Å². The summed E-state index contributed by atoms with van der Waals surface area (Å²) >= 11 is 6.17. The van der Waals surface area contributed by atoms with E-state index in [1.54, 1.807) is 0 Å². The smallest absolute Gasteiger partial charge is 0.137 e. The Labute approximate surface area is 119 Å². The molecule has 0 amide bonds. The fourth-order valence-electron chi connectivity index (χ4n) is 2.70. The molecule has 2 fully saturated rings. The number of nitrogens with zero attached hydrogens (tertiary/aromatic N) is 3. The topological polar surface area (TPSA) is 41.1 Å². The van der Waals surface area contributed by atoms with Crippen molar-refractivity contribution in [1.82, 2.24) is 14.9 Å². The summed E-state index contributed by atoms with van der Waals surface area (Å²) in [7, 11) is 0. The maximum Gasteiger partial charge on any atom is 0.137 e. The Bertz CT molecular complexity index is 473. The number of hydrogen-bond donors (Lipinski definition) is 1. The van der Waals surface area contributed by atoms with E-state index in [9.17, 15) is 0 Å². The van der Waals surface area contributed by atoms with Crippen molar-refractivity contribution in [2.45, 2.75) is 51.6 Å². The van der Waals surface area contributed by atoms with Gasteiger partial charge >= 0.3 is 0 Å². The van der Waals surface area contributed by atoms with Crippen LogP contribution in [0.25, 0.3) is 0 Å². The first-order valence-corrected chi connectivity index (χ1v) is 7.58. The molecule has 2 heterocycles. The van der Waals surface area contributed by atoms with Gasteiger partial charge in [0.15, 0.2) is 0 Å². The molecular formula is C14H21ClN4. The molecular weight excluding hydrogens is 260 g/mol. The number of nitrogens with one attached hydrogen (secondary N) is 1. The first kappa shape index (κ1) is 13.1. The quantitative estimate of drug-likeness (QED) is 0.861. The van der Waals surface area contributed by atoms with Crippen molar-refractivity contribution in [2.75, 3.05) is 18.4 Å². The number of aryl methyl sites for hydroxylation is 1. The van der Waals surface area contributed by atoms with Crippen LogP contribution in [0.4, 0.5) is 5.82 Å². The third kappa shape index (κ3) is 2.84. The van der Waals surface area contributed by atoms with E-state index in [1.165, 1.54) is 25.8 Å². The Morgan fingerprint density at radius 2 is 2.11 bits per heavy atom. The van der Waals surface area contributed by atoms with Crippen molar-refractivity contribution in [1.29, 1.82) is 0 Å². The lowest BCUT2D eigenvalue weighted by atomic mass is 10.2. The SMILES string of the molecule is CCc1nc(Cl)c(C)c(NC2CCN(C3CC3)C2)n1. The lowest BCUT2D eigenvalue weighted by Gasteiger charge is -2.18. The molecule has 1 unspecified atom stereocenters. The second kappa shape index (κ2) is 5.25. The zero-order valence-corrected chi connectivity index (χ0v) is 12.4. The predicted molar refractivity (Wildman–Crippen MR) is 77.8 cm³/mol. The van der Waals surface area contributed by atoms with Gasteiger partial charge in [0.2, 0.25) is 0 Å². The number of halogens is 1. The van der Waals surface area contributed by atoms with Crippen LogP contribution in [0.15, 0.2) is 0 Å². The van der Waals surface area contributed by atoms with Crippen molar-refractivity contribution in [3.05, 3.63) is 16.5 Å². The molecule has 4 nitrogen and oxygen atoms in total. The number of anilines is 1. The van der Waals surface area contributed by atoms with Gasteiger partial charge in [0, 0.05) is 37.2 Å². The van der Waals surface area contributed by atoms with Crippen LogP contribution in [0.2, 0.25) is 5.15 Å². The third-order valence-corrected chi connectivity index (χ3v) is 4.44. The average Bonchev–Trinajstić information content (AvgIpc) is 3.15. The molecule has 3 rings (SSSR count). The Balaban J connectivity index is 1.70. The Morgan fingerprint density at radius 1 is 1.32 bits per heavy atom. The lowest BCUT2D eigenvalue weighted by molar-refractivity contribution is 0.326. The summed E-state index contributed by atoms with van der Waals surface area (Å²) in [5.41, 5.74) is 0.962. The molecule has 0 aromatic carbocycles. The Kier molecular flexibility index (Phi) is 3.63. The van der Waals surface area contributed by atoms with E-state index in [1.807, 2.05) is 6.92 Å². The summed E-state index contributed by atoms with van der Waals surface area (Å²) in [6.07, 6.45) is 4.77. The molecule has 1 saturated carbocycles. The molecule has 1 aliphatic heterocycles. The largest absolute Gasteiger partial charge is 0.366 e. The Hall–Kier alpha value is -0.870. The Morgan fingerprint density at radius 3 is 2.79 bits per heavy atom. The van der Waals surface area contributed by atoms with Crippen LogP contribution in [-0.4, -0.2) is 40.0 Å². The van der Waals surface area contributed by atoms with Gasteiger partial charge < -0.3 is 5.32 Å². The van der Waals surface area contributed by atoms with E-state index < -0.39 is 0 Å². The van der Waals surface area contributed by atoms with E-state index in [0.29, 0.717) is 11.2 Å². The standard InChI is InChI=1S/C14H21ClN4/c1-3-12-17-13(15)9(2)14(18-12)16-10-6-7-19(8-10)11-4-5-11/h10-11H,3-8H2,1-2H3,(H,16,17,18). The molecule has 0 spiro atoms. The fraction of sp³-hybridized carbons (Fsp3) is 0.714. The lowest BCUT2D eigenvalue weighted by Crippen LogP contribution is -2.28. The maximum atomic E-state index is 6.17. The molecule has 5 heteroatoms. The van der Waals surface area contributed by atoms with Crippen LogP contribution in [0.1, 0.15) is 37.6 Å². The van der Waals surface area contributed by atoms with Gasteiger partial charge in [0.1, 0.15) is 16.8 Å². The highest BCUT2D eigenvalue weighted by Crippen LogP contribution is 2.31. The first-order chi connectivity index (χ1) is 9.17. The van der Waals surface area contributed by atoms with Crippen molar-refractivity contribution < 1.29 is 0 Å². The van der Waals surface area contributed by atoms with E-state index in [0.717, 1.165) is 36.2 Å². The molecule has 19 heavy (non-hydrogen) atoms. The van der Waals surface area contributed by atoms with Crippen molar-refractivity contribution in [2.24, 2.45) is 0 Å². The summed E-state index contributed by atoms with van der Waals surface area (Å²) in [5.74, 6) is 1.73. The minimum atomic E-state index is 0.495. The number of rotatable bonds is 4. The molecule has 104 valence electrons. The minimum absolute atomic E-state index is 0.495. The van der Waals surface area contributed by atoms with Gasteiger partial charge in [0.25, 0.3) is 0 Å². The number of aromatic nitrogens is 2. The zero-order chi connectivity index (χ0) is 13.4. The van der Waals surface area contributed by atoms with Crippen LogP contribution < -0.4 is 5.32 Å². The highest BCUT2D eigenvalue weighted by Gasteiger charge is 2.34. The second-order valence-electron chi connectivity index (χ2n) is 5.61. The maximum absolute atomic E-state index is 6.17. The van der Waals surface area contributed by atoms with Gasteiger partial charge in [-0.1, -0.05) is 18.5 Å². The molecule has 1 aliphatic carbocycles. The molecule has 1 atom stereocenters. The second-order valence-corrected chi connectivity index (χ2v) is 5.97. The monoisotopic (exact) mass is 280 g/mol. The molecule has 1 saturated heterocycles. The normalized spacial score (nSPS) is 23.8. The highest BCUT2D eigenvalue weighted by molar-refractivity contribution is 6.30. The molecule has 1 N–H and O–H groups in total. The van der Waals surface area contributed by atoms with Gasteiger partial charge in [-0.2, -0.15) is 0 Å². The van der Waals surface area contributed by atoms with E-state index >= 15 is 0 Å². The van der Waals surface area contributed by atoms with Crippen molar-refractivity contribution >= 4 is 17.4 Å². The van der Waals surface area contributed by atoms with Crippen LogP contribution in [-0.2, 0) is 6.42 Å². The highest BCUT2D eigenvalue weighted by atomic mass is 35.5. The van der Waals surface area contributed by atoms with Gasteiger partial charge in [-0.25, -0.2) is 9.97 Å². The summed E-state index contributed by atoms with van der Waals surface area (Å²) in [5, 5.41) is 4.14. The zero-order valence-electron chi connectivity index (χ0n) is 11.6. The minimum Gasteiger partial charge on any atom is -0.366 e. The van der Waals surface area contributed by atoms with Crippen LogP contribution >= 0.6 is 11.6 Å². The fourth-order valence-corrected chi connectivity index (χ4v) is 2.89. The van der Waals surface area contributed by atoms with Gasteiger partial charge in [0.05, 0.1) is 0 Å². The van der Waals surface area contributed by atoms with E-state index in [2.05, 4.69) is 27.1 Å². The summed E-state index contributed by atoms with van der Waals surface area (Å²) in [4.78, 5) is 11.5. The summed E-state index contributed by atoms with van der Waals surface area (Å²) in [6, 6.07) is 1.35. The van der Waals surface area contributed by atoms with E-state index in [-0.39, 0.29) is 0 Å². The van der Waals surface area contributed by atoms with E-state index in [4.69, 9.17) is 11.6 Å². The number of hydrogen-bond acceptors (Lipinski definition) is 4. The molecule has 0 radical (unpaired) electrons. The molecule has 2 aliphatic rings. The summed E-state index contributed by atoms with van der Waals surface area (Å²) < 4.78 is 0. The average molecular weight is 281 g/mol. The molecule has 1 aromatic heterocycles. The predicted octanol–water partition coefficient (Wildman–Crippen LogP) is 2.65. The number of likely N-dealkylation sites (tertiary alicyclic amines) is 1. The third-order valence-electron chi connectivity index (χ3n) is 4.07. The van der Waals surface area contributed by atoms with Gasteiger partial charge in [-0.05, 0) is 26.2 Å². The molecule has 0 bridgehead atoms. The first-order valence-electron chi connectivity index (χ1n) is 7.21. The molecule has 1 aromatic rings. The van der Waals surface area contributed by atoms with Crippen molar-refractivity contribution in [3.63, 3.8) is 0 Å². The van der Waals surface area contributed by atoms with Gasteiger partial charge in [-0.15, -0.1) is 0 Å².